The highest BCUT2D eigenvalue weighted by atomic mass is 16.2. The lowest BCUT2D eigenvalue weighted by molar-refractivity contribution is -0.119. The van der Waals surface area contributed by atoms with Gasteiger partial charge in [0.2, 0.25) is 5.91 Å². The molecule has 2 atom stereocenters. The van der Waals surface area contributed by atoms with E-state index in [1.165, 1.54) is 5.56 Å². The van der Waals surface area contributed by atoms with Gasteiger partial charge in [-0.3, -0.25) is 4.79 Å². The zero-order chi connectivity index (χ0) is 19.8. The fourth-order valence-electron chi connectivity index (χ4n) is 4.30. The molecule has 1 aliphatic heterocycles. The molecule has 1 aliphatic rings. The molecule has 0 spiro atoms. The van der Waals surface area contributed by atoms with Crippen molar-refractivity contribution in [2.45, 2.75) is 38.6 Å². The van der Waals surface area contributed by atoms with Crippen molar-refractivity contribution in [2.75, 3.05) is 24.5 Å². The van der Waals surface area contributed by atoms with Gasteiger partial charge in [0.25, 0.3) is 0 Å². The van der Waals surface area contributed by atoms with Crippen molar-refractivity contribution < 1.29 is 4.79 Å². The Morgan fingerprint density at radius 3 is 2.46 bits per heavy atom. The quantitative estimate of drug-likeness (QED) is 0.609. The van der Waals surface area contributed by atoms with Crippen LogP contribution < -0.4 is 4.90 Å². The number of allylic oxidation sites excluding steroid dienone is 1. The van der Waals surface area contributed by atoms with Crippen LogP contribution in [0.5, 0.6) is 0 Å². The minimum absolute atomic E-state index is 0.211. The van der Waals surface area contributed by atoms with Gasteiger partial charge < -0.3 is 9.80 Å². The Kier molecular flexibility index (Phi) is 7.44. The zero-order valence-electron chi connectivity index (χ0n) is 17.0. The molecule has 0 unspecified atom stereocenters. The predicted octanol–water partition coefficient (Wildman–Crippen LogP) is 4.94. The summed E-state index contributed by atoms with van der Waals surface area (Å²) < 4.78 is 0. The molecule has 0 N–H and O–H groups in total. The van der Waals surface area contributed by atoms with E-state index in [0.29, 0.717) is 12.3 Å². The maximum absolute atomic E-state index is 12.8. The molecule has 1 saturated heterocycles. The number of hydrogen-bond acceptors (Lipinski definition) is 2. The molecule has 3 heteroatoms. The third kappa shape index (κ3) is 5.11. The maximum Gasteiger partial charge on any atom is 0.226 e. The maximum atomic E-state index is 12.8. The van der Waals surface area contributed by atoms with Gasteiger partial charge in [0, 0.05) is 37.8 Å². The number of hydrogen-bond donors (Lipinski definition) is 0. The van der Waals surface area contributed by atoms with Gasteiger partial charge in [0.05, 0.1) is 0 Å². The van der Waals surface area contributed by atoms with Gasteiger partial charge >= 0.3 is 0 Å². The molecular weight excluding hydrogens is 344 g/mol. The van der Waals surface area contributed by atoms with Crippen molar-refractivity contribution in [2.24, 2.45) is 5.92 Å². The molecule has 148 valence electrons. The lowest BCUT2D eigenvalue weighted by Crippen LogP contribution is -2.53. The summed E-state index contributed by atoms with van der Waals surface area (Å²) in [7, 11) is 0. The number of anilines is 1. The number of carbonyl (C=O) groups excluding carboxylic acids is 1. The normalized spacial score (nSPS) is 19.9. The Balaban J connectivity index is 1.72. The number of likely N-dealkylation sites (tertiary alicyclic amines) is 1. The molecule has 3 rings (SSSR count). The highest BCUT2D eigenvalue weighted by Gasteiger charge is 2.35. The number of rotatable bonds is 8. The lowest BCUT2D eigenvalue weighted by atomic mass is 9.87. The zero-order valence-corrected chi connectivity index (χ0v) is 17.0. The van der Waals surface area contributed by atoms with Crippen LogP contribution in [0.1, 0.15) is 31.7 Å². The summed E-state index contributed by atoms with van der Waals surface area (Å²) >= 11 is 0. The van der Waals surface area contributed by atoms with Gasteiger partial charge in [0.1, 0.15) is 0 Å². The molecule has 3 nitrogen and oxygen atoms in total. The van der Waals surface area contributed by atoms with Gasteiger partial charge in [-0.05, 0) is 42.9 Å². The fraction of sp³-hybridized carbons (Fsp3) is 0.400. The highest BCUT2D eigenvalue weighted by Crippen LogP contribution is 2.30. The first-order valence-corrected chi connectivity index (χ1v) is 10.5. The second kappa shape index (κ2) is 10.2. The van der Waals surface area contributed by atoms with Gasteiger partial charge in [-0.1, -0.05) is 61.5 Å². The molecule has 0 saturated carbocycles. The van der Waals surface area contributed by atoms with Crippen LogP contribution in [-0.4, -0.2) is 36.5 Å². The second-order valence-electron chi connectivity index (χ2n) is 7.63. The molecule has 1 amide bonds. The van der Waals surface area contributed by atoms with E-state index in [2.05, 4.69) is 58.8 Å². The van der Waals surface area contributed by atoms with E-state index in [-0.39, 0.29) is 11.9 Å². The van der Waals surface area contributed by atoms with Crippen LogP contribution in [0.15, 0.2) is 73.3 Å². The minimum Gasteiger partial charge on any atom is -0.309 e. The Bertz CT molecular complexity index is 744. The van der Waals surface area contributed by atoms with Crippen LogP contribution in [-0.2, 0) is 11.2 Å². The summed E-state index contributed by atoms with van der Waals surface area (Å²) in [5, 5.41) is 0. The van der Waals surface area contributed by atoms with E-state index in [0.717, 1.165) is 44.6 Å². The first kappa shape index (κ1) is 20.3. The first-order chi connectivity index (χ1) is 13.7. The van der Waals surface area contributed by atoms with Crippen LogP contribution in [0.2, 0.25) is 0 Å². The number of piperidine rings is 1. The molecule has 0 bridgehead atoms. The summed E-state index contributed by atoms with van der Waals surface area (Å²) in [4.78, 5) is 17.5. The third-order valence-electron chi connectivity index (χ3n) is 5.74. The van der Waals surface area contributed by atoms with Gasteiger partial charge in [0.15, 0.2) is 0 Å². The Labute approximate surface area is 169 Å². The summed E-state index contributed by atoms with van der Waals surface area (Å²) in [6.45, 7) is 9.05. The minimum atomic E-state index is 0.211. The molecule has 1 fully saturated rings. The fourth-order valence-corrected chi connectivity index (χ4v) is 4.30. The third-order valence-corrected chi connectivity index (χ3v) is 5.74. The summed E-state index contributed by atoms with van der Waals surface area (Å²) in [5.41, 5.74) is 2.41. The van der Waals surface area contributed by atoms with E-state index in [1.807, 2.05) is 31.2 Å². The van der Waals surface area contributed by atoms with Gasteiger partial charge in [-0.25, -0.2) is 0 Å². The van der Waals surface area contributed by atoms with Crippen LogP contribution in [0.4, 0.5) is 5.69 Å². The van der Waals surface area contributed by atoms with Crippen LogP contribution in [0, 0.1) is 5.92 Å². The Morgan fingerprint density at radius 2 is 1.82 bits per heavy atom. The second-order valence-corrected chi connectivity index (χ2v) is 7.63. The predicted molar refractivity (Wildman–Crippen MR) is 118 cm³/mol. The number of para-hydroxylation sites is 1. The molecule has 0 aliphatic carbocycles. The van der Waals surface area contributed by atoms with Crippen molar-refractivity contribution in [3.8, 4) is 0 Å². The standard InChI is InChI=1S/C25H32N2O/c1-3-11-22-20-26(18-16-21-12-7-5-8-13-21)19-17-24(22)27(25(28)4-2)23-14-9-6-10-15-23/h3,5-10,12-15,22,24H,1,4,11,16-20H2,2H3/t22-,24+/m0/s1. The van der Waals surface area contributed by atoms with Gasteiger partial charge in [-0.2, -0.15) is 0 Å². The Hall–Kier alpha value is -2.39. The SMILES string of the molecule is C=CC[C@H]1CN(CCc2ccccc2)CC[C@H]1N(C(=O)CC)c1ccccc1. The number of carbonyl (C=O) groups is 1. The van der Waals surface area contributed by atoms with Crippen molar-refractivity contribution in [3.05, 3.63) is 78.9 Å². The molecule has 2 aromatic rings. The average Bonchev–Trinajstić information content (AvgIpc) is 2.75. The number of benzene rings is 2. The Morgan fingerprint density at radius 1 is 1.14 bits per heavy atom. The largest absolute Gasteiger partial charge is 0.309 e. The molecule has 28 heavy (non-hydrogen) atoms. The molecule has 0 radical (unpaired) electrons. The lowest BCUT2D eigenvalue weighted by Gasteiger charge is -2.44. The van der Waals surface area contributed by atoms with Gasteiger partial charge in [-0.15, -0.1) is 6.58 Å². The average molecular weight is 377 g/mol. The first-order valence-electron chi connectivity index (χ1n) is 10.5. The van der Waals surface area contributed by atoms with E-state index in [9.17, 15) is 4.79 Å². The van der Waals surface area contributed by atoms with Crippen molar-refractivity contribution in [3.63, 3.8) is 0 Å². The highest BCUT2D eigenvalue weighted by molar-refractivity contribution is 5.93. The van der Waals surface area contributed by atoms with E-state index < -0.39 is 0 Å². The molecule has 2 aromatic carbocycles. The summed E-state index contributed by atoms with van der Waals surface area (Å²) in [5.74, 6) is 0.626. The smallest absolute Gasteiger partial charge is 0.226 e. The topological polar surface area (TPSA) is 23.6 Å². The van der Waals surface area contributed by atoms with E-state index in [4.69, 9.17) is 0 Å². The van der Waals surface area contributed by atoms with Crippen LogP contribution in [0.25, 0.3) is 0 Å². The molecule has 1 heterocycles. The molecular formula is C25H32N2O. The van der Waals surface area contributed by atoms with E-state index >= 15 is 0 Å². The van der Waals surface area contributed by atoms with Crippen molar-refractivity contribution in [1.82, 2.24) is 4.90 Å². The van der Waals surface area contributed by atoms with Crippen LogP contribution >= 0.6 is 0 Å². The van der Waals surface area contributed by atoms with Crippen molar-refractivity contribution in [1.29, 1.82) is 0 Å². The van der Waals surface area contributed by atoms with Crippen molar-refractivity contribution >= 4 is 11.6 Å². The molecule has 0 aromatic heterocycles. The summed E-state index contributed by atoms with van der Waals surface area (Å²) in [6.07, 6.45) is 5.56. The number of nitrogens with zero attached hydrogens (tertiary/aromatic N) is 2. The number of amides is 1. The van der Waals surface area contributed by atoms with E-state index in [1.54, 1.807) is 0 Å². The van der Waals surface area contributed by atoms with Crippen LogP contribution in [0.3, 0.4) is 0 Å². The summed E-state index contributed by atoms with van der Waals surface area (Å²) in [6, 6.07) is 21.1. The monoisotopic (exact) mass is 376 g/mol.